The molecule has 2 aromatic carbocycles. The van der Waals surface area contributed by atoms with E-state index in [1.807, 2.05) is 60.9 Å². The van der Waals surface area contributed by atoms with E-state index in [9.17, 15) is 5.11 Å². The van der Waals surface area contributed by atoms with Crippen molar-refractivity contribution in [2.45, 2.75) is 0 Å². The molecule has 3 nitrogen and oxygen atoms in total. The van der Waals surface area contributed by atoms with Gasteiger partial charge in [0.05, 0.1) is 10.4 Å². The van der Waals surface area contributed by atoms with Gasteiger partial charge in [-0.15, -0.1) is 0 Å². The van der Waals surface area contributed by atoms with Crippen molar-refractivity contribution in [3.8, 4) is 22.7 Å². The Morgan fingerprint density at radius 2 is 1.78 bits per heavy atom. The van der Waals surface area contributed by atoms with Gasteiger partial charge in [0.2, 0.25) is 5.88 Å². The Kier molecular flexibility index (Phi) is 3.28. The molecule has 112 valence electrons. The highest BCUT2D eigenvalue weighted by molar-refractivity contribution is 6.36. The molecule has 0 fully saturated rings. The molecule has 0 atom stereocenters. The van der Waals surface area contributed by atoms with Gasteiger partial charge in [0.25, 0.3) is 0 Å². The highest BCUT2D eigenvalue weighted by Crippen LogP contribution is 2.35. The standard InChI is InChI=1S/C19H13ClN2O/c20-17-8-2-5-15-12-22(19(23)18(15)17)16-7-1-4-13(10-16)14-6-3-9-21-11-14/h1-12,23H. The SMILES string of the molecule is Oc1c2c(Cl)cccc2cn1-c1cccc(-c2cccnc2)c1. The Bertz CT molecular complexity index is 993. The molecule has 2 heterocycles. The van der Waals surface area contributed by atoms with Crippen molar-refractivity contribution in [2.75, 3.05) is 0 Å². The number of aromatic hydroxyl groups is 1. The number of rotatable bonds is 2. The highest BCUT2D eigenvalue weighted by Gasteiger charge is 2.12. The fourth-order valence-electron chi connectivity index (χ4n) is 2.77. The summed E-state index contributed by atoms with van der Waals surface area (Å²) in [6, 6.07) is 17.5. The van der Waals surface area contributed by atoms with Crippen molar-refractivity contribution in [1.29, 1.82) is 0 Å². The molecule has 2 aromatic heterocycles. The Labute approximate surface area is 138 Å². The third-order valence-electron chi connectivity index (χ3n) is 3.89. The molecule has 4 heteroatoms. The van der Waals surface area contributed by atoms with Gasteiger partial charge in [0.1, 0.15) is 0 Å². The third-order valence-corrected chi connectivity index (χ3v) is 4.20. The van der Waals surface area contributed by atoms with Crippen molar-refractivity contribution in [3.63, 3.8) is 0 Å². The molecule has 0 bridgehead atoms. The lowest BCUT2D eigenvalue weighted by Crippen LogP contribution is -1.91. The van der Waals surface area contributed by atoms with Crippen LogP contribution in [0.4, 0.5) is 0 Å². The second-order valence-electron chi connectivity index (χ2n) is 5.32. The quantitative estimate of drug-likeness (QED) is 0.561. The van der Waals surface area contributed by atoms with Gasteiger partial charge in [-0.3, -0.25) is 9.55 Å². The van der Waals surface area contributed by atoms with Gasteiger partial charge in [0.15, 0.2) is 0 Å². The van der Waals surface area contributed by atoms with Crippen LogP contribution in [-0.2, 0) is 0 Å². The molecule has 0 aliphatic rings. The second-order valence-corrected chi connectivity index (χ2v) is 5.73. The molecular weight excluding hydrogens is 308 g/mol. The van der Waals surface area contributed by atoms with Gasteiger partial charge in [0, 0.05) is 35.2 Å². The summed E-state index contributed by atoms with van der Waals surface area (Å²) in [6.07, 6.45) is 5.46. The van der Waals surface area contributed by atoms with Crippen LogP contribution in [-0.4, -0.2) is 14.7 Å². The number of pyridine rings is 1. The Balaban J connectivity index is 1.89. The summed E-state index contributed by atoms with van der Waals surface area (Å²) < 4.78 is 1.75. The molecule has 0 unspecified atom stereocenters. The lowest BCUT2D eigenvalue weighted by molar-refractivity contribution is 0.448. The second kappa shape index (κ2) is 5.45. The molecule has 4 aromatic rings. The zero-order valence-electron chi connectivity index (χ0n) is 12.1. The van der Waals surface area contributed by atoms with E-state index in [2.05, 4.69) is 4.98 Å². The summed E-state index contributed by atoms with van der Waals surface area (Å²) in [5.41, 5.74) is 2.94. The Morgan fingerprint density at radius 1 is 0.957 bits per heavy atom. The minimum absolute atomic E-state index is 0.147. The number of benzene rings is 2. The van der Waals surface area contributed by atoms with Crippen LogP contribution in [0.3, 0.4) is 0 Å². The first-order valence-electron chi connectivity index (χ1n) is 7.23. The monoisotopic (exact) mass is 320 g/mol. The van der Waals surface area contributed by atoms with Crippen molar-refractivity contribution in [2.24, 2.45) is 0 Å². The fraction of sp³-hybridized carbons (Fsp3) is 0. The van der Waals surface area contributed by atoms with Gasteiger partial charge in [-0.05, 0) is 29.8 Å². The molecule has 0 radical (unpaired) electrons. The average molecular weight is 321 g/mol. The number of halogens is 1. The van der Waals surface area contributed by atoms with E-state index < -0.39 is 0 Å². The van der Waals surface area contributed by atoms with Gasteiger partial charge < -0.3 is 5.11 Å². The molecule has 4 rings (SSSR count). The maximum absolute atomic E-state index is 10.6. The largest absolute Gasteiger partial charge is 0.494 e. The van der Waals surface area contributed by atoms with Crippen molar-refractivity contribution >= 4 is 22.4 Å². The predicted octanol–water partition coefficient (Wildman–Crippen LogP) is 5.05. The number of hydrogen-bond acceptors (Lipinski definition) is 2. The van der Waals surface area contributed by atoms with Crippen LogP contribution >= 0.6 is 11.6 Å². The maximum Gasteiger partial charge on any atom is 0.205 e. The zero-order chi connectivity index (χ0) is 15.8. The summed E-state index contributed by atoms with van der Waals surface area (Å²) in [4.78, 5) is 4.15. The summed E-state index contributed by atoms with van der Waals surface area (Å²) >= 11 is 6.21. The number of fused-ring (bicyclic) bond motifs is 1. The van der Waals surface area contributed by atoms with E-state index in [1.165, 1.54) is 0 Å². The minimum atomic E-state index is 0.147. The van der Waals surface area contributed by atoms with Crippen LogP contribution in [0.5, 0.6) is 5.88 Å². The molecule has 0 saturated carbocycles. The first-order chi connectivity index (χ1) is 11.2. The molecule has 0 amide bonds. The van der Waals surface area contributed by atoms with Crippen LogP contribution < -0.4 is 0 Å². The molecule has 0 aliphatic carbocycles. The van der Waals surface area contributed by atoms with E-state index in [0.717, 1.165) is 22.2 Å². The first kappa shape index (κ1) is 13.9. The Hall–Kier alpha value is -2.78. The molecule has 1 N–H and O–H groups in total. The highest BCUT2D eigenvalue weighted by atomic mass is 35.5. The topological polar surface area (TPSA) is 38.0 Å². The van der Waals surface area contributed by atoms with E-state index in [1.54, 1.807) is 16.8 Å². The van der Waals surface area contributed by atoms with E-state index in [4.69, 9.17) is 11.6 Å². The normalized spacial score (nSPS) is 11.0. The van der Waals surface area contributed by atoms with Gasteiger partial charge in [-0.2, -0.15) is 0 Å². The van der Waals surface area contributed by atoms with Crippen LogP contribution in [0.15, 0.2) is 73.2 Å². The summed E-state index contributed by atoms with van der Waals surface area (Å²) in [7, 11) is 0. The van der Waals surface area contributed by atoms with Crippen LogP contribution in [0.1, 0.15) is 0 Å². The van der Waals surface area contributed by atoms with Gasteiger partial charge in [-0.1, -0.05) is 41.9 Å². The molecular formula is C19H13ClN2O. The number of nitrogens with zero attached hydrogens (tertiary/aromatic N) is 2. The third kappa shape index (κ3) is 2.35. The van der Waals surface area contributed by atoms with Gasteiger partial charge in [-0.25, -0.2) is 0 Å². The summed E-state index contributed by atoms with van der Waals surface area (Å²) in [5.74, 6) is 0.147. The first-order valence-corrected chi connectivity index (χ1v) is 7.61. The van der Waals surface area contributed by atoms with Crippen LogP contribution in [0, 0.1) is 0 Å². The predicted molar refractivity (Wildman–Crippen MR) is 93.2 cm³/mol. The van der Waals surface area contributed by atoms with Crippen molar-refractivity contribution < 1.29 is 5.11 Å². The molecule has 0 spiro atoms. The number of aromatic nitrogens is 2. The maximum atomic E-state index is 10.6. The summed E-state index contributed by atoms with van der Waals surface area (Å²) in [6.45, 7) is 0. The zero-order valence-corrected chi connectivity index (χ0v) is 12.9. The smallest absolute Gasteiger partial charge is 0.205 e. The summed E-state index contributed by atoms with van der Waals surface area (Å²) in [5, 5.41) is 12.7. The van der Waals surface area contributed by atoms with E-state index in [-0.39, 0.29) is 5.88 Å². The van der Waals surface area contributed by atoms with E-state index in [0.29, 0.717) is 10.4 Å². The molecule has 23 heavy (non-hydrogen) atoms. The fourth-order valence-corrected chi connectivity index (χ4v) is 3.04. The van der Waals surface area contributed by atoms with Crippen molar-refractivity contribution in [3.05, 3.63) is 78.2 Å². The molecule has 0 saturated heterocycles. The van der Waals surface area contributed by atoms with Crippen molar-refractivity contribution in [1.82, 2.24) is 9.55 Å². The Morgan fingerprint density at radius 3 is 2.57 bits per heavy atom. The van der Waals surface area contributed by atoms with Crippen LogP contribution in [0.2, 0.25) is 5.02 Å². The number of hydrogen-bond donors (Lipinski definition) is 1. The molecule has 0 aliphatic heterocycles. The minimum Gasteiger partial charge on any atom is -0.494 e. The van der Waals surface area contributed by atoms with Gasteiger partial charge >= 0.3 is 0 Å². The lowest BCUT2D eigenvalue weighted by Gasteiger charge is -2.08. The average Bonchev–Trinajstić information content (AvgIpc) is 2.94. The lowest BCUT2D eigenvalue weighted by atomic mass is 10.1. The van der Waals surface area contributed by atoms with E-state index >= 15 is 0 Å². The van der Waals surface area contributed by atoms with Crippen LogP contribution in [0.25, 0.3) is 27.6 Å².